The summed E-state index contributed by atoms with van der Waals surface area (Å²) >= 11 is 0. The Morgan fingerprint density at radius 3 is 2.33 bits per heavy atom. The van der Waals surface area contributed by atoms with Gasteiger partial charge in [-0.2, -0.15) is 13.2 Å². The minimum absolute atomic E-state index is 0.0218. The van der Waals surface area contributed by atoms with Gasteiger partial charge in [-0.15, -0.1) is 0 Å². The first-order chi connectivity index (χ1) is 17.2. The van der Waals surface area contributed by atoms with Crippen molar-refractivity contribution in [2.75, 3.05) is 24.5 Å². The molecule has 11 heteroatoms. The molecule has 3 heterocycles. The number of fused-ring (bicyclic) bond motifs is 1. The van der Waals surface area contributed by atoms with E-state index in [2.05, 4.69) is 14.7 Å². The Hall–Kier alpha value is -3.18. The predicted molar refractivity (Wildman–Crippen MR) is 125 cm³/mol. The largest absolute Gasteiger partial charge is 0.493 e. The lowest BCUT2D eigenvalue weighted by Gasteiger charge is -2.32. The zero-order valence-corrected chi connectivity index (χ0v) is 20.0. The number of halogens is 3. The lowest BCUT2D eigenvalue weighted by atomic mass is 9.78. The molecule has 1 atom stereocenters. The fourth-order valence-corrected chi connectivity index (χ4v) is 5.79. The molecule has 1 N–H and O–H groups in total. The molecule has 190 valence electrons. The van der Waals surface area contributed by atoms with Gasteiger partial charge in [0.1, 0.15) is 5.75 Å². The minimum Gasteiger partial charge on any atom is -0.493 e. The second-order valence-corrected chi connectivity index (χ2v) is 10.5. The van der Waals surface area contributed by atoms with Gasteiger partial charge >= 0.3 is 6.18 Å². The van der Waals surface area contributed by atoms with Crippen molar-refractivity contribution in [1.82, 2.24) is 9.97 Å². The summed E-state index contributed by atoms with van der Waals surface area (Å²) in [6, 6.07) is 10.1. The van der Waals surface area contributed by atoms with E-state index in [0.29, 0.717) is 50.4 Å². The van der Waals surface area contributed by atoms with E-state index >= 15 is 0 Å². The predicted octanol–water partition coefficient (Wildman–Crippen LogP) is 5.10. The Morgan fingerprint density at radius 1 is 0.889 bits per heavy atom. The lowest BCUT2D eigenvalue weighted by molar-refractivity contribution is -0.137. The van der Waals surface area contributed by atoms with E-state index in [9.17, 15) is 21.6 Å². The second kappa shape index (κ2) is 9.70. The molecule has 0 amide bonds. The molecule has 0 bridgehead atoms. The number of nitrogens with one attached hydrogen (secondary N) is 1. The van der Waals surface area contributed by atoms with Crippen molar-refractivity contribution in [3.63, 3.8) is 0 Å². The highest BCUT2D eigenvalue weighted by Crippen LogP contribution is 2.44. The van der Waals surface area contributed by atoms with Crippen LogP contribution in [0, 0.1) is 0 Å². The summed E-state index contributed by atoms with van der Waals surface area (Å²) in [5.74, 6) is 0.0638. The van der Waals surface area contributed by atoms with E-state index < -0.39 is 21.8 Å². The quantitative estimate of drug-likeness (QED) is 0.504. The van der Waals surface area contributed by atoms with Crippen LogP contribution in [0.2, 0.25) is 0 Å². The molecular weight excluding hydrogens is 495 g/mol. The summed E-state index contributed by atoms with van der Waals surface area (Å²) in [6.45, 7) is 1.32. The maximum Gasteiger partial charge on any atom is 0.416 e. The van der Waals surface area contributed by atoms with Gasteiger partial charge in [0, 0.05) is 43.2 Å². The van der Waals surface area contributed by atoms with Crippen LogP contribution in [0.15, 0.2) is 59.8 Å². The molecule has 1 aromatic heterocycles. The normalized spacial score (nSPS) is 18.8. The average Bonchev–Trinajstić information content (AvgIpc) is 2.88. The number of hydrogen-bond donors (Lipinski definition) is 1. The van der Waals surface area contributed by atoms with Gasteiger partial charge < -0.3 is 9.47 Å². The minimum atomic E-state index is -4.44. The molecular formula is C25H24F3N3O4S. The van der Waals surface area contributed by atoms with Crippen molar-refractivity contribution in [1.29, 1.82) is 0 Å². The van der Waals surface area contributed by atoms with Gasteiger partial charge in [-0.05, 0) is 60.6 Å². The molecule has 1 fully saturated rings. The molecule has 2 aliphatic heterocycles. The van der Waals surface area contributed by atoms with Crippen molar-refractivity contribution in [3.8, 4) is 5.75 Å². The Morgan fingerprint density at radius 2 is 1.61 bits per heavy atom. The SMILES string of the molecule is O=S(=O)(Nc1ncccn1)c1ccc2c(c1)OCC[C@H]2c1ccc(C(F)(F)F)cc1C1CCOCC1. The number of aromatic nitrogens is 2. The van der Waals surface area contributed by atoms with Crippen molar-refractivity contribution in [3.05, 3.63) is 77.1 Å². The zero-order chi connectivity index (χ0) is 25.3. The summed E-state index contributed by atoms with van der Waals surface area (Å²) in [4.78, 5) is 7.75. The fraction of sp³-hybridized carbons (Fsp3) is 0.360. The molecule has 0 unspecified atom stereocenters. The summed E-state index contributed by atoms with van der Waals surface area (Å²) < 4.78 is 79.9. The summed E-state index contributed by atoms with van der Waals surface area (Å²) in [6.07, 6.45) is 0.266. The summed E-state index contributed by atoms with van der Waals surface area (Å²) in [7, 11) is -3.97. The van der Waals surface area contributed by atoms with Crippen molar-refractivity contribution in [2.45, 2.75) is 42.2 Å². The van der Waals surface area contributed by atoms with E-state index in [0.717, 1.165) is 17.2 Å². The standard InChI is InChI=1S/C25H24F3N3O4S/c26-25(27,28)17-2-4-19(22(14-17)16-6-11-34-12-7-16)20-8-13-35-23-15-18(3-5-21(20)23)36(32,33)31-24-29-9-1-10-30-24/h1-5,9-10,14-16,20H,6-8,11-13H2,(H,29,30,31)/t20-/m0/s1. The highest BCUT2D eigenvalue weighted by molar-refractivity contribution is 7.92. The number of sulfonamides is 1. The van der Waals surface area contributed by atoms with E-state index in [1.807, 2.05) is 0 Å². The van der Waals surface area contributed by atoms with Gasteiger partial charge in [-0.25, -0.2) is 23.1 Å². The van der Waals surface area contributed by atoms with Crippen LogP contribution in [-0.2, 0) is 20.9 Å². The number of nitrogens with zero attached hydrogens (tertiary/aromatic N) is 2. The highest BCUT2D eigenvalue weighted by atomic mass is 32.2. The van der Waals surface area contributed by atoms with Gasteiger partial charge in [-0.3, -0.25) is 0 Å². The third kappa shape index (κ3) is 5.03. The number of rotatable bonds is 5. The Labute approximate surface area is 206 Å². The number of benzene rings is 2. The zero-order valence-electron chi connectivity index (χ0n) is 19.2. The topological polar surface area (TPSA) is 90.4 Å². The third-order valence-corrected chi connectivity index (χ3v) is 7.90. The first-order valence-electron chi connectivity index (χ1n) is 11.6. The Balaban J connectivity index is 1.51. The molecule has 3 aromatic rings. The van der Waals surface area contributed by atoms with Crippen LogP contribution in [0.1, 0.15) is 53.4 Å². The first-order valence-corrected chi connectivity index (χ1v) is 13.1. The van der Waals surface area contributed by atoms with Crippen molar-refractivity contribution in [2.24, 2.45) is 0 Å². The van der Waals surface area contributed by atoms with Gasteiger partial charge in [-0.1, -0.05) is 12.1 Å². The van der Waals surface area contributed by atoms with Crippen molar-refractivity contribution < 1.29 is 31.1 Å². The van der Waals surface area contributed by atoms with Gasteiger partial charge in [0.25, 0.3) is 10.0 Å². The van der Waals surface area contributed by atoms with E-state index in [1.165, 1.54) is 30.6 Å². The fourth-order valence-electron chi connectivity index (χ4n) is 4.82. The van der Waals surface area contributed by atoms with E-state index in [4.69, 9.17) is 9.47 Å². The van der Waals surface area contributed by atoms with Crippen LogP contribution in [-0.4, -0.2) is 38.2 Å². The van der Waals surface area contributed by atoms with Crippen LogP contribution < -0.4 is 9.46 Å². The smallest absolute Gasteiger partial charge is 0.416 e. The Kier molecular flexibility index (Phi) is 6.60. The number of anilines is 1. The van der Waals surface area contributed by atoms with Gasteiger partial charge in [0.2, 0.25) is 5.95 Å². The molecule has 0 saturated carbocycles. The monoisotopic (exact) mass is 519 g/mol. The first kappa shape index (κ1) is 24.5. The second-order valence-electron chi connectivity index (χ2n) is 8.80. The maximum absolute atomic E-state index is 13.5. The molecule has 36 heavy (non-hydrogen) atoms. The van der Waals surface area contributed by atoms with Crippen LogP contribution in [0.4, 0.5) is 19.1 Å². The lowest BCUT2D eigenvalue weighted by Crippen LogP contribution is -2.21. The number of ether oxygens (including phenoxy) is 2. The number of alkyl halides is 3. The molecule has 5 rings (SSSR count). The van der Waals surface area contributed by atoms with Crippen LogP contribution in [0.25, 0.3) is 0 Å². The molecule has 1 saturated heterocycles. The van der Waals surface area contributed by atoms with E-state index in [1.54, 1.807) is 18.2 Å². The average molecular weight is 520 g/mol. The molecule has 2 aliphatic rings. The number of hydrogen-bond acceptors (Lipinski definition) is 6. The summed E-state index contributed by atoms with van der Waals surface area (Å²) in [5.41, 5.74) is 1.55. The van der Waals surface area contributed by atoms with Gasteiger partial charge in [0.15, 0.2) is 0 Å². The molecule has 0 radical (unpaired) electrons. The summed E-state index contributed by atoms with van der Waals surface area (Å²) in [5, 5.41) is 0. The molecule has 0 aliphatic carbocycles. The third-order valence-electron chi connectivity index (χ3n) is 6.58. The molecule has 0 spiro atoms. The van der Waals surface area contributed by atoms with E-state index in [-0.39, 0.29) is 22.7 Å². The molecule has 7 nitrogen and oxygen atoms in total. The van der Waals surface area contributed by atoms with Crippen LogP contribution >= 0.6 is 0 Å². The van der Waals surface area contributed by atoms with Crippen LogP contribution in [0.5, 0.6) is 5.75 Å². The van der Waals surface area contributed by atoms with Crippen LogP contribution in [0.3, 0.4) is 0 Å². The molecule has 2 aromatic carbocycles. The van der Waals surface area contributed by atoms with Gasteiger partial charge in [0.05, 0.1) is 17.1 Å². The Bertz CT molecular complexity index is 1340. The maximum atomic E-state index is 13.5. The van der Waals surface area contributed by atoms with Crippen molar-refractivity contribution >= 4 is 16.0 Å². The highest BCUT2D eigenvalue weighted by Gasteiger charge is 2.34.